The number of terminal acetylenes is 1. The Balaban J connectivity index is -0.000000152. The molecule has 3 rings (SSSR count). The lowest BCUT2D eigenvalue weighted by Gasteiger charge is -1.91. The smallest absolute Gasteiger partial charge is 0.384 e. The summed E-state index contributed by atoms with van der Waals surface area (Å²) < 4.78 is 10.3. The fourth-order valence-corrected chi connectivity index (χ4v) is 2.46. The number of carboxylic acid groups (broad SMARTS) is 1. The standard InChI is InChI=1S/C11H10O2.C9H6O2.C6H5I.C5H6O2.3C2H6.CH4/c1-2-13-11(12)9-8-10-6-4-3-5-7-10;10-9(11)7-6-8-4-2-1-3-5-8;7-6-4-2-1-3-5-6;1-3-5(6)7-4-2;3*1-2;/h3-7H,2H2,1H3;1-5H,(H,10,11);1-5H;1H,4H2,2H3;3*1-2H3;1H4. The molecule has 0 spiro atoms. The van der Waals surface area contributed by atoms with Crippen LogP contribution in [0, 0.1) is 39.6 Å². The number of carboxylic acids is 1. The second kappa shape index (κ2) is 41.6. The van der Waals surface area contributed by atoms with Gasteiger partial charge in [0.15, 0.2) is 0 Å². The summed E-state index contributed by atoms with van der Waals surface area (Å²) in [7, 11) is 0. The Hall–Kier alpha value is -4.52. The number of carbonyl (C=O) groups is 3. The van der Waals surface area contributed by atoms with Crippen LogP contribution in [-0.4, -0.2) is 36.2 Å². The quantitative estimate of drug-likeness (QED) is 0.123. The first-order valence-corrected chi connectivity index (χ1v) is 15.3. The fourth-order valence-electron chi connectivity index (χ4n) is 2.05. The van der Waals surface area contributed by atoms with Crippen molar-refractivity contribution in [3.63, 3.8) is 0 Å². The highest BCUT2D eigenvalue weighted by Crippen LogP contribution is 2.00. The minimum atomic E-state index is -1.10. The number of esters is 2. The number of hydrogen-bond donors (Lipinski definition) is 1. The van der Waals surface area contributed by atoms with Gasteiger partial charge in [0.2, 0.25) is 0 Å². The van der Waals surface area contributed by atoms with Crippen LogP contribution in [-0.2, 0) is 23.9 Å². The first-order valence-electron chi connectivity index (χ1n) is 14.2. The molecule has 0 saturated carbocycles. The minimum Gasteiger partial charge on any atom is -0.472 e. The Morgan fingerprint density at radius 3 is 1.24 bits per heavy atom. The number of aliphatic carboxylic acids is 1. The van der Waals surface area contributed by atoms with Crippen molar-refractivity contribution in [1.82, 2.24) is 0 Å². The zero-order valence-corrected chi connectivity index (χ0v) is 29.2. The summed E-state index contributed by atoms with van der Waals surface area (Å²) in [4.78, 5) is 30.8. The largest absolute Gasteiger partial charge is 0.472 e. The second-order valence-electron chi connectivity index (χ2n) is 6.42. The molecule has 0 heterocycles. The summed E-state index contributed by atoms with van der Waals surface area (Å²) >= 11 is 2.28. The Morgan fingerprint density at radius 2 is 0.978 bits per heavy atom. The predicted molar refractivity (Wildman–Crippen MR) is 196 cm³/mol. The van der Waals surface area contributed by atoms with Crippen LogP contribution in [0.15, 0.2) is 91.0 Å². The van der Waals surface area contributed by atoms with Gasteiger partial charge in [0.1, 0.15) is 0 Å². The average Bonchev–Trinajstić information content (AvgIpc) is 3.08. The van der Waals surface area contributed by atoms with E-state index in [1.807, 2.05) is 114 Å². The van der Waals surface area contributed by atoms with E-state index < -0.39 is 17.9 Å². The maximum Gasteiger partial charge on any atom is 0.384 e. The van der Waals surface area contributed by atoms with Crippen molar-refractivity contribution in [1.29, 1.82) is 0 Å². The molecule has 45 heavy (non-hydrogen) atoms. The predicted octanol–water partition coefficient (Wildman–Crippen LogP) is 8.91. The lowest BCUT2D eigenvalue weighted by Crippen LogP contribution is -1.99. The van der Waals surface area contributed by atoms with Crippen LogP contribution in [0.4, 0.5) is 0 Å². The van der Waals surface area contributed by atoms with Crippen LogP contribution >= 0.6 is 22.6 Å². The number of benzene rings is 3. The molecule has 0 aliphatic rings. The second-order valence-corrected chi connectivity index (χ2v) is 7.66. The monoisotopic (exact) mass is 728 g/mol. The Bertz CT molecular complexity index is 1260. The highest BCUT2D eigenvalue weighted by Gasteiger charge is 1.92. The number of halogens is 1. The van der Waals surface area contributed by atoms with Crippen LogP contribution in [0.25, 0.3) is 0 Å². The summed E-state index contributed by atoms with van der Waals surface area (Å²) in [6, 6.07) is 28.5. The number of ether oxygens (including phenoxy) is 2. The van der Waals surface area contributed by atoms with Gasteiger partial charge in [-0.1, -0.05) is 115 Å². The first-order chi connectivity index (χ1) is 21.3. The van der Waals surface area contributed by atoms with E-state index in [1.54, 1.807) is 31.9 Å². The molecule has 7 heteroatoms. The van der Waals surface area contributed by atoms with Crippen molar-refractivity contribution in [2.24, 2.45) is 0 Å². The zero-order chi connectivity index (χ0) is 34.4. The molecule has 0 fully saturated rings. The minimum absolute atomic E-state index is 0. The molecule has 0 amide bonds. The van der Waals surface area contributed by atoms with Crippen molar-refractivity contribution in [2.45, 2.75) is 62.8 Å². The summed E-state index contributed by atoms with van der Waals surface area (Å²) in [6.45, 7) is 16.2. The molecular formula is C38H49IO6. The summed E-state index contributed by atoms with van der Waals surface area (Å²) in [5, 5.41) is 8.20. The number of hydrogen-bond acceptors (Lipinski definition) is 5. The maximum absolute atomic E-state index is 10.8. The molecule has 0 bridgehead atoms. The molecule has 0 unspecified atom stereocenters. The summed E-state index contributed by atoms with van der Waals surface area (Å²) in [6.07, 6.45) is 4.63. The van der Waals surface area contributed by atoms with Crippen molar-refractivity contribution in [3.05, 3.63) is 106 Å². The van der Waals surface area contributed by atoms with Crippen LogP contribution in [0.2, 0.25) is 0 Å². The third-order valence-electron chi connectivity index (χ3n) is 3.57. The summed E-state index contributed by atoms with van der Waals surface area (Å²) in [5.74, 6) is 9.24. The molecule has 0 atom stereocenters. The van der Waals surface area contributed by atoms with E-state index in [2.05, 4.69) is 68.4 Å². The van der Waals surface area contributed by atoms with Crippen molar-refractivity contribution >= 4 is 40.5 Å². The zero-order valence-electron chi connectivity index (χ0n) is 27.0. The Morgan fingerprint density at radius 1 is 0.644 bits per heavy atom. The van der Waals surface area contributed by atoms with E-state index in [1.165, 1.54) is 3.57 Å². The van der Waals surface area contributed by atoms with Crippen molar-refractivity contribution in [2.75, 3.05) is 13.2 Å². The highest BCUT2D eigenvalue weighted by atomic mass is 127. The van der Waals surface area contributed by atoms with Crippen LogP contribution < -0.4 is 0 Å². The van der Waals surface area contributed by atoms with E-state index in [-0.39, 0.29) is 7.43 Å². The van der Waals surface area contributed by atoms with Gasteiger partial charge in [-0.05, 0) is 72.8 Å². The van der Waals surface area contributed by atoms with Crippen LogP contribution in [0.3, 0.4) is 0 Å². The fraction of sp³-hybridized carbons (Fsp3) is 0.289. The van der Waals surface area contributed by atoms with Gasteiger partial charge in [-0.25, -0.2) is 14.4 Å². The normalized spacial score (nSPS) is 7.20. The molecular weight excluding hydrogens is 679 g/mol. The van der Waals surface area contributed by atoms with E-state index in [9.17, 15) is 14.4 Å². The first kappa shape index (κ1) is 50.1. The molecule has 3 aromatic rings. The van der Waals surface area contributed by atoms with Gasteiger partial charge >= 0.3 is 17.9 Å². The third-order valence-corrected chi connectivity index (χ3v) is 4.29. The molecule has 0 saturated heterocycles. The van der Waals surface area contributed by atoms with Gasteiger partial charge < -0.3 is 14.6 Å². The molecule has 0 radical (unpaired) electrons. The molecule has 3 aromatic carbocycles. The molecule has 0 aliphatic heterocycles. The summed E-state index contributed by atoms with van der Waals surface area (Å²) in [5.41, 5.74) is 1.53. The topological polar surface area (TPSA) is 89.9 Å². The van der Waals surface area contributed by atoms with Crippen molar-refractivity contribution in [3.8, 4) is 36.0 Å². The Labute approximate surface area is 286 Å². The van der Waals surface area contributed by atoms with Gasteiger partial charge in [0.05, 0.1) is 13.2 Å². The number of carbonyl (C=O) groups excluding carboxylic acids is 2. The number of rotatable bonds is 2. The van der Waals surface area contributed by atoms with Gasteiger partial charge in [-0.3, -0.25) is 0 Å². The van der Waals surface area contributed by atoms with Gasteiger partial charge in [0.25, 0.3) is 0 Å². The molecule has 0 aliphatic carbocycles. The van der Waals surface area contributed by atoms with Crippen LogP contribution in [0.5, 0.6) is 0 Å². The van der Waals surface area contributed by atoms with E-state index >= 15 is 0 Å². The maximum atomic E-state index is 10.8. The lowest BCUT2D eigenvalue weighted by atomic mass is 10.2. The SMILES string of the molecule is C.C#CC(=O)OCC.CC.CC.CC.CCOC(=O)C#Cc1ccccc1.Ic1ccccc1.O=C(O)C#Cc1ccccc1. The van der Waals surface area contributed by atoms with Gasteiger partial charge in [-0.2, -0.15) is 0 Å². The molecule has 6 nitrogen and oxygen atoms in total. The Kier molecular flexibility index (Phi) is 46.4. The highest BCUT2D eigenvalue weighted by molar-refractivity contribution is 14.1. The van der Waals surface area contributed by atoms with E-state index in [0.29, 0.717) is 13.2 Å². The average molecular weight is 729 g/mol. The van der Waals surface area contributed by atoms with Crippen LogP contribution in [0.1, 0.15) is 73.9 Å². The van der Waals surface area contributed by atoms with E-state index in [0.717, 1.165) is 11.1 Å². The van der Waals surface area contributed by atoms with Crippen molar-refractivity contribution < 1.29 is 29.0 Å². The molecule has 1 N–H and O–H groups in total. The third kappa shape index (κ3) is 39.5. The molecule has 244 valence electrons. The molecule has 0 aromatic heterocycles. The van der Waals surface area contributed by atoms with E-state index in [4.69, 9.17) is 5.11 Å². The lowest BCUT2D eigenvalue weighted by molar-refractivity contribution is -0.137. The van der Waals surface area contributed by atoms with Gasteiger partial charge in [0, 0.05) is 32.5 Å². The van der Waals surface area contributed by atoms with Gasteiger partial charge in [-0.15, -0.1) is 6.42 Å².